The number of anilines is 1. The topological polar surface area (TPSA) is 92.2 Å². The van der Waals surface area contributed by atoms with Crippen molar-refractivity contribution in [2.75, 3.05) is 18.4 Å². The van der Waals surface area contributed by atoms with Crippen LogP contribution in [0.1, 0.15) is 35.4 Å². The minimum atomic E-state index is -0.298. The number of carbonyl (C=O) groups excluding carboxylic acids is 2. The van der Waals surface area contributed by atoms with Gasteiger partial charge in [-0.05, 0) is 62.1 Å². The van der Waals surface area contributed by atoms with E-state index in [-0.39, 0.29) is 11.9 Å². The Morgan fingerprint density at radius 1 is 1.00 bits per heavy atom. The van der Waals surface area contributed by atoms with Gasteiger partial charge in [-0.1, -0.05) is 18.2 Å². The molecule has 2 aromatic heterocycles. The first kappa shape index (κ1) is 21.5. The minimum absolute atomic E-state index is 0.165. The van der Waals surface area contributed by atoms with Gasteiger partial charge in [0.2, 0.25) is 5.91 Å². The number of carbonyl (C=O) groups is 2. The van der Waals surface area contributed by atoms with E-state index in [1.807, 2.05) is 61.2 Å². The molecule has 1 fully saturated rings. The Morgan fingerprint density at radius 3 is 2.34 bits per heavy atom. The molecule has 8 nitrogen and oxygen atoms in total. The van der Waals surface area contributed by atoms with Crippen molar-refractivity contribution in [1.29, 1.82) is 0 Å². The van der Waals surface area contributed by atoms with Crippen molar-refractivity contribution >= 4 is 17.6 Å². The highest BCUT2D eigenvalue weighted by molar-refractivity contribution is 5.89. The zero-order valence-electron chi connectivity index (χ0n) is 18.5. The van der Waals surface area contributed by atoms with Crippen LogP contribution in [-0.4, -0.2) is 44.7 Å². The summed E-state index contributed by atoms with van der Waals surface area (Å²) in [6.07, 6.45) is 4.31. The van der Waals surface area contributed by atoms with E-state index in [1.165, 1.54) is 0 Å². The number of likely N-dealkylation sites (tertiary alicyclic amines) is 1. The Labute approximate surface area is 187 Å². The zero-order chi connectivity index (χ0) is 22.5. The molecule has 1 saturated heterocycles. The van der Waals surface area contributed by atoms with Crippen LogP contribution >= 0.6 is 0 Å². The van der Waals surface area contributed by atoms with Crippen LogP contribution in [0.15, 0.2) is 48.7 Å². The monoisotopic (exact) mass is 432 g/mol. The molecule has 4 rings (SSSR count). The molecule has 166 valence electrons. The molecular formula is C24H28N6O2. The highest BCUT2D eigenvalue weighted by Gasteiger charge is 2.17. The van der Waals surface area contributed by atoms with Crippen LogP contribution in [0.25, 0.3) is 5.82 Å². The summed E-state index contributed by atoms with van der Waals surface area (Å²) in [5, 5.41) is 10.1. The number of benzene rings is 1. The van der Waals surface area contributed by atoms with Crippen LogP contribution in [-0.2, 0) is 17.8 Å². The van der Waals surface area contributed by atoms with E-state index in [0.29, 0.717) is 18.7 Å². The molecule has 2 N–H and O–H groups in total. The van der Waals surface area contributed by atoms with Crippen molar-refractivity contribution in [2.24, 2.45) is 0 Å². The number of nitrogens with zero attached hydrogens (tertiary/aromatic N) is 4. The fraction of sp³-hybridized carbons (Fsp3) is 0.333. The van der Waals surface area contributed by atoms with Gasteiger partial charge in [0.05, 0.1) is 12.1 Å². The van der Waals surface area contributed by atoms with Crippen LogP contribution in [0.4, 0.5) is 10.5 Å². The van der Waals surface area contributed by atoms with Gasteiger partial charge in [-0.15, -0.1) is 0 Å². The number of aromatic nitrogens is 3. The smallest absolute Gasteiger partial charge is 0.319 e. The summed E-state index contributed by atoms with van der Waals surface area (Å²) in [5.74, 6) is 0.908. The van der Waals surface area contributed by atoms with Crippen molar-refractivity contribution in [1.82, 2.24) is 25.0 Å². The molecule has 1 aliphatic rings. The van der Waals surface area contributed by atoms with Crippen LogP contribution in [0.2, 0.25) is 0 Å². The number of rotatable bonds is 6. The van der Waals surface area contributed by atoms with Crippen LogP contribution in [0.5, 0.6) is 0 Å². The van der Waals surface area contributed by atoms with Gasteiger partial charge in [0.15, 0.2) is 5.82 Å². The largest absolute Gasteiger partial charge is 0.342 e. The average Bonchev–Trinajstić information content (AvgIpc) is 3.44. The lowest BCUT2D eigenvalue weighted by atomic mass is 10.1. The third kappa shape index (κ3) is 5.32. The van der Waals surface area contributed by atoms with Gasteiger partial charge in [0, 0.05) is 37.2 Å². The van der Waals surface area contributed by atoms with E-state index in [9.17, 15) is 9.59 Å². The Balaban J connectivity index is 1.25. The second kappa shape index (κ2) is 9.64. The second-order valence-corrected chi connectivity index (χ2v) is 8.13. The average molecular weight is 433 g/mol. The number of hydrogen-bond acceptors (Lipinski definition) is 4. The molecule has 32 heavy (non-hydrogen) atoms. The number of aryl methyl sites for hydroxylation is 2. The maximum absolute atomic E-state index is 12.3. The van der Waals surface area contributed by atoms with Crippen molar-refractivity contribution in [2.45, 2.75) is 39.7 Å². The fourth-order valence-corrected chi connectivity index (χ4v) is 3.82. The van der Waals surface area contributed by atoms with Crippen LogP contribution in [0.3, 0.4) is 0 Å². The number of hydrogen-bond donors (Lipinski definition) is 2. The number of pyridine rings is 1. The van der Waals surface area contributed by atoms with E-state index in [4.69, 9.17) is 0 Å². The molecule has 1 aromatic carbocycles. The molecule has 0 spiro atoms. The fourth-order valence-electron chi connectivity index (χ4n) is 3.82. The molecule has 0 bridgehead atoms. The van der Waals surface area contributed by atoms with E-state index in [1.54, 1.807) is 10.9 Å². The maximum Gasteiger partial charge on any atom is 0.319 e. The van der Waals surface area contributed by atoms with E-state index in [2.05, 4.69) is 20.7 Å². The number of amides is 3. The minimum Gasteiger partial charge on any atom is -0.342 e. The van der Waals surface area contributed by atoms with Gasteiger partial charge in [0.1, 0.15) is 0 Å². The third-order valence-electron chi connectivity index (χ3n) is 5.51. The van der Waals surface area contributed by atoms with Gasteiger partial charge in [-0.25, -0.2) is 14.5 Å². The predicted octanol–water partition coefficient (Wildman–Crippen LogP) is 3.37. The number of urea groups is 1. The van der Waals surface area contributed by atoms with E-state index >= 15 is 0 Å². The molecule has 0 radical (unpaired) electrons. The lowest BCUT2D eigenvalue weighted by Gasteiger charge is -2.15. The summed E-state index contributed by atoms with van der Waals surface area (Å²) >= 11 is 0. The first-order valence-corrected chi connectivity index (χ1v) is 10.9. The van der Waals surface area contributed by atoms with Crippen molar-refractivity contribution in [3.63, 3.8) is 0 Å². The predicted molar refractivity (Wildman–Crippen MR) is 123 cm³/mol. The number of nitrogens with one attached hydrogen (secondary N) is 2. The quantitative estimate of drug-likeness (QED) is 0.625. The van der Waals surface area contributed by atoms with E-state index in [0.717, 1.165) is 54.3 Å². The summed E-state index contributed by atoms with van der Waals surface area (Å²) < 4.78 is 1.79. The molecule has 0 aliphatic carbocycles. The highest BCUT2D eigenvalue weighted by atomic mass is 16.2. The van der Waals surface area contributed by atoms with Gasteiger partial charge in [-0.2, -0.15) is 5.10 Å². The van der Waals surface area contributed by atoms with Crippen molar-refractivity contribution in [3.05, 3.63) is 71.2 Å². The van der Waals surface area contributed by atoms with Gasteiger partial charge < -0.3 is 15.5 Å². The lowest BCUT2D eigenvalue weighted by Crippen LogP contribution is -2.29. The Morgan fingerprint density at radius 2 is 1.72 bits per heavy atom. The maximum atomic E-state index is 12.3. The van der Waals surface area contributed by atoms with Crippen LogP contribution < -0.4 is 10.6 Å². The summed E-state index contributed by atoms with van der Waals surface area (Å²) in [7, 11) is 0. The summed E-state index contributed by atoms with van der Waals surface area (Å²) in [6, 6.07) is 12.9. The Bertz CT molecular complexity index is 1080. The third-order valence-corrected chi connectivity index (χ3v) is 5.51. The normalized spacial score (nSPS) is 13.2. The molecule has 3 heterocycles. The molecule has 0 atom stereocenters. The zero-order valence-corrected chi connectivity index (χ0v) is 18.5. The van der Waals surface area contributed by atoms with Gasteiger partial charge in [-0.3, -0.25) is 4.79 Å². The van der Waals surface area contributed by atoms with Crippen LogP contribution in [0, 0.1) is 13.8 Å². The molecule has 3 amide bonds. The molecular weight excluding hydrogens is 404 g/mol. The van der Waals surface area contributed by atoms with Gasteiger partial charge >= 0.3 is 6.03 Å². The van der Waals surface area contributed by atoms with E-state index < -0.39 is 0 Å². The van der Waals surface area contributed by atoms with Crippen molar-refractivity contribution < 1.29 is 9.59 Å². The Hall–Kier alpha value is -3.68. The lowest BCUT2D eigenvalue weighted by molar-refractivity contribution is -0.129. The second-order valence-electron chi connectivity index (χ2n) is 8.13. The SMILES string of the molecule is Cc1cc(C)n(-c2ccc(CNC(=O)Nc3ccc(CC(=O)N4CCCC4)cc3)cn2)n1. The van der Waals surface area contributed by atoms with Gasteiger partial charge in [0.25, 0.3) is 0 Å². The summed E-state index contributed by atoms with van der Waals surface area (Å²) in [5.41, 5.74) is 4.48. The molecule has 0 saturated carbocycles. The first-order valence-electron chi connectivity index (χ1n) is 10.9. The molecule has 0 unspecified atom stereocenters. The molecule has 3 aromatic rings. The standard InChI is InChI=1S/C24H28N6O2/c1-17-13-18(2)30(28-17)22-10-7-20(15-25-22)16-26-24(32)27-21-8-5-19(6-9-21)14-23(31)29-11-3-4-12-29/h5-10,13,15H,3-4,11-12,14,16H2,1-2H3,(H2,26,27,32). The summed E-state index contributed by atoms with van der Waals surface area (Å²) in [6.45, 7) is 6.01. The summed E-state index contributed by atoms with van der Waals surface area (Å²) in [4.78, 5) is 30.9. The molecule has 8 heteroatoms. The molecule has 1 aliphatic heterocycles. The van der Waals surface area contributed by atoms with Crippen molar-refractivity contribution in [3.8, 4) is 5.82 Å². The Kier molecular flexibility index (Phi) is 6.49. The first-order chi connectivity index (χ1) is 15.5. The highest BCUT2D eigenvalue weighted by Crippen LogP contribution is 2.14.